The average molecular weight is 318 g/mol. The molecule has 0 radical (unpaired) electrons. The lowest BCUT2D eigenvalue weighted by Crippen LogP contribution is -2.40. The molecule has 0 aliphatic heterocycles. The van der Waals surface area contributed by atoms with Crippen molar-refractivity contribution in [1.82, 2.24) is 20.8 Å². The van der Waals surface area contributed by atoms with E-state index in [0.29, 0.717) is 6.54 Å². The summed E-state index contributed by atoms with van der Waals surface area (Å²) in [6, 6.07) is 10.0. The van der Waals surface area contributed by atoms with E-state index in [1.807, 2.05) is 37.3 Å². The summed E-state index contributed by atoms with van der Waals surface area (Å²) >= 11 is 1.79. The average Bonchev–Trinajstić information content (AvgIpc) is 3.06. The van der Waals surface area contributed by atoms with Crippen molar-refractivity contribution >= 4 is 17.8 Å². The Labute approximate surface area is 135 Å². The summed E-state index contributed by atoms with van der Waals surface area (Å²) in [6.45, 7) is 2.54. The normalized spacial score (nSPS) is 11.9. The number of carbonyl (C=O) groups is 1. The van der Waals surface area contributed by atoms with Crippen LogP contribution in [0.3, 0.4) is 0 Å². The number of thioether (sulfide) groups is 1. The zero-order valence-electron chi connectivity index (χ0n) is 12.9. The number of aromatic nitrogens is 2. The molecule has 0 spiro atoms. The molecule has 2 amide bonds. The van der Waals surface area contributed by atoms with Gasteiger partial charge in [-0.15, -0.1) is 0 Å². The summed E-state index contributed by atoms with van der Waals surface area (Å²) < 4.78 is 0. The zero-order chi connectivity index (χ0) is 15.8. The van der Waals surface area contributed by atoms with Gasteiger partial charge in [-0.25, -0.2) is 4.79 Å². The third-order valence-electron chi connectivity index (χ3n) is 3.35. The number of hydrogen-bond acceptors (Lipinski definition) is 3. The second kappa shape index (κ2) is 8.48. The van der Waals surface area contributed by atoms with E-state index in [0.717, 1.165) is 29.0 Å². The molecule has 6 heteroatoms. The van der Waals surface area contributed by atoms with Crippen LogP contribution in [-0.4, -0.2) is 34.3 Å². The Morgan fingerprint density at radius 3 is 2.73 bits per heavy atom. The third kappa shape index (κ3) is 5.11. The number of nitrogens with zero attached hydrogens (tertiary/aromatic N) is 1. The lowest BCUT2D eigenvalue weighted by atomic mass is 10.1. The fourth-order valence-electron chi connectivity index (χ4n) is 2.04. The van der Waals surface area contributed by atoms with Crippen LogP contribution in [0.25, 0.3) is 11.3 Å². The van der Waals surface area contributed by atoms with Crippen LogP contribution >= 0.6 is 11.8 Å². The number of urea groups is 1. The van der Waals surface area contributed by atoms with Crippen molar-refractivity contribution in [3.63, 3.8) is 0 Å². The molecule has 0 bridgehead atoms. The highest BCUT2D eigenvalue weighted by Gasteiger charge is 2.06. The first-order chi connectivity index (χ1) is 10.7. The molecule has 1 aromatic heterocycles. The van der Waals surface area contributed by atoms with Crippen LogP contribution in [0.2, 0.25) is 0 Å². The number of hydrogen-bond donors (Lipinski definition) is 3. The first-order valence-corrected chi connectivity index (χ1v) is 8.70. The minimum absolute atomic E-state index is 0.119. The maximum absolute atomic E-state index is 11.8. The van der Waals surface area contributed by atoms with E-state index in [4.69, 9.17) is 0 Å². The first kappa shape index (κ1) is 16.4. The van der Waals surface area contributed by atoms with Gasteiger partial charge in [0, 0.05) is 18.8 Å². The molecule has 3 N–H and O–H groups in total. The monoisotopic (exact) mass is 318 g/mol. The van der Waals surface area contributed by atoms with E-state index in [2.05, 4.69) is 27.1 Å². The largest absolute Gasteiger partial charge is 0.336 e. The van der Waals surface area contributed by atoms with E-state index in [9.17, 15) is 4.79 Å². The van der Waals surface area contributed by atoms with Crippen molar-refractivity contribution in [2.45, 2.75) is 25.9 Å². The van der Waals surface area contributed by atoms with Crippen LogP contribution < -0.4 is 10.6 Å². The smallest absolute Gasteiger partial charge is 0.315 e. The van der Waals surface area contributed by atoms with Crippen LogP contribution in [0.5, 0.6) is 0 Å². The summed E-state index contributed by atoms with van der Waals surface area (Å²) in [4.78, 5) is 11.8. The Morgan fingerprint density at radius 2 is 2.09 bits per heavy atom. The Balaban J connectivity index is 1.78. The molecule has 22 heavy (non-hydrogen) atoms. The summed E-state index contributed by atoms with van der Waals surface area (Å²) in [5.41, 5.74) is 3.13. The number of aromatic amines is 1. The van der Waals surface area contributed by atoms with Gasteiger partial charge in [-0.2, -0.15) is 16.9 Å². The molecule has 2 aromatic rings. The van der Waals surface area contributed by atoms with Gasteiger partial charge in [-0.05, 0) is 42.5 Å². The van der Waals surface area contributed by atoms with Crippen molar-refractivity contribution in [3.05, 3.63) is 42.1 Å². The fourth-order valence-corrected chi connectivity index (χ4v) is 2.63. The number of carbonyl (C=O) groups excluding carboxylic acids is 1. The number of H-pyrrole nitrogens is 1. The quantitative estimate of drug-likeness (QED) is 0.735. The summed E-state index contributed by atoms with van der Waals surface area (Å²) in [6.07, 6.45) is 4.78. The predicted molar refractivity (Wildman–Crippen MR) is 91.9 cm³/mol. The van der Waals surface area contributed by atoms with E-state index < -0.39 is 0 Å². The minimum atomic E-state index is -0.119. The molecular weight excluding hydrogens is 296 g/mol. The second-order valence-electron chi connectivity index (χ2n) is 5.18. The number of rotatable bonds is 7. The minimum Gasteiger partial charge on any atom is -0.336 e. The standard InChI is InChI=1S/C16H22N4OS/c1-12(8-10-22-2)19-16(21)17-11-13-3-5-14(6-4-13)15-7-9-18-20-15/h3-7,9,12H,8,10-11H2,1-2H3,(H,18,20)(H2,17,19,21)/t12-/m1/s1. The molecule has 1 atom stereocenters. The van der Waals surface area contributed by atoms with Crippen molar-refractivity contribution in [2.75, 3.05) is 12.0 Å². The van der Waals surface area contributed by atoms with E-state index in [1.54, 1.807) is 18.0 Å². The van der Waals surface area contributed by atoms with Crippen molar-refractivity contribution in [1.29, 1.82) is 0 Å². The van der Waals surface area contributed by atoms with Gasteiger partial charge < -0.3 is 10.6 Å². The first-order valence-electron chi connectivity index (χ1n) is 7.31. The highest BCUT2D eigenvalue weighted by atomic mass is 32.2. The molecule has 0 unspecified atom stereocenters. The van der Waals surface area contributed by atoms with Crippen LogP contribution in [-0.2, 0) is 6.54 Å². The van der Waals surface area contributed by atoms with E-state index in [-0.39, 0.29) is 12.1 Å². The van der Waals surface area contributed by atoms with Crippen molar-refractivity contribution in [2.24, 2.45) is 0 Å². The van der Waals surface area contributed by atoms with Gasteiger partial charge in [0.05, 0.1) is 5.69 Å². The maximum atomic E-state index is 11.8. The van der Waals surface area contributed by atoms with Crippen molar-refractivity contribution < 1.29 is 4.79 Å². The molecular formula is C16H22N4OS. The van der Waals surface area contributed by atoms with Gasteiger partial charge >= 0.3 is 6.03 Å². The molecule has 0 saturated carbocycles. The summed E-state index contributed by atoms with van der Waals surface area (Å²) in [5, 5.41) is 12.7. The molecule has 1 heterocycles. The Kier molecular flexibility index (Phi) is 6.33. The van der Waals surface area contributed by atoms with Crippen LogP contribution in [0.15, 0.2) is 36.5 Å². The topological polar surface area (TPSA) is 69.8 Å². The molecule has 118 valence electrons. The van der Waals surface area contributed by atoms with Crippen LogP contribution in [0, 0.1) is 0 Å². The number of amides is 2. The van der Waals surface area contributed by atoms with Gasteiger partial charge in [-0.1, -0.05) is 24.3 Å². The molecule has 0 fully saturated rings. The zero-order valence-corrected chi connectivity index (χ0v) is 13.7. The molecule has 5 nitrogen and oxygen atoms in total. The van der Waals surface area contributed by atoms with E-state index >= 15 is 0 Å². The highest BCUT2D eigenvalue weighted by molar-refractivity contribution is 7.98. The lowest BCUT2D eigenvalue weighted by molar-refractivity contribution is 0.237. The summed E-state index contributed by atoms with van der Waals surface area (Å²) in [7, 11) is 0. The van der Waals surface area contributed by atoms with Gasteiger partial charge in [0.15, 0.2) is 0 Å². The SMILES string of the molecule is CSCC[C@@H](C)NC(=O)NCc1ccc(-c2ccn[nH]2)cc1. The van der Waals surface area contributed by atoms with Gasteiger partial charge in [0.2, 0.25) is 0 Å². The second-order valence-corrected chi connectivity index (χ2v) is 6.16. The van der Waals surface area contributed by atoms with Gasteiger partial charge in [0.1, 0.15) is 0 Å². The molecule has 0 saturated heterocycles. The Bertz CT molecular complexity index is 568. The van der Waals surface area contributed by atoms with Crippen LogP contribution in [0.1, 0.15) is 18.9 Å². The molecule has 0 aliphatic rings. The predicted octanol–water partition coefficient (Wildman–Crippen LogP) is 3.02. The molecule has 1 aromatic carbocycles. The lowest BCUT2D eigenvalue weighted by Gasteiger charge is -2.14. The number of benzene rings is 1. The maximum Gasteiger partial charge on any atom is 0.315 e. The van der Waals surface area contributed by atoms with Crippen molar-refractivity contribution in [3.8, 4) is 11.3 Å². The molecule has 2 rings (SSSR count). The Morgan fingerprint density at radius 1 is 1.32 bits per heavy atom. The number of nitrogens with one attached hydrogen (secondary N) is 3. The fraction of sp³-hybridized carbons (Fsp3) is 0.375. The molecule has 0 aliphatic carbocycles. The highest BCUT2D eigenvalue weighted by Crippen LogP contribution is 2.16. The van der Waals surface area contributed by atoms with Gasteiger partial charge in [-0.3, -0.25) is 5.10 Å². The van der Waals surface area contributed by atoms with Crippen LogP contribution in [0.4, 0.5) is 4.79 Å². The third-order valence-corrected chi connectivity index (χ3v) is 4.00. The van der Waals surface area contributed by atoms with E-state index in [1.165, 1.54) is 0 Å². The van der Waals surface area contributed by atoms with Gasteiger partial charge in [0.25, 0.3) is 0 Å². The summed E-state index contributed by atoms with van der Waals surface area (Å²) in [5.74, 6) is 1.05. The Hall–Kier alpha value is -1.95.